The Morgan fingerprint density at radius 2 is 1.40 bits per heavy atom. The molecule has 2 aromatic heterocycles. The molecule has 0 atom stereocenters. The summed E-state index contributed by atoms with van der Waals surface area (Å²) < 4.78 is 19.5. The Morgan fingerprint density at radius 3 is 1.69 bits per heavy atom. The molecule has 14 nitrogen and oxygen atoms in total. The maximum absolute atomic E-state index is 11.0. The molecule has 234 valence electrons. The Hall–Kier alpha value is -1.60. The van der Waals surface area contributed by atoms with Gasteiger partial charge >= 0.3 is 22.1 Å². The number of aromatic nitrogens is 4. The zero-order valence-corrected chi connectivity index (χ0v) is 29.4. The molecule has 42 heavy (non-hydrogen) atoms. The number of benzene rings is 1. The predicted octanol–water partition coefficient (Wildman–Crippen LogP) is 7.32. The van der Waals surface area contributed by atoms with Gasteiger partial charge in [-0.1, -0.05) is 64.9 Å². The molecule has 0 bridgehead atoms. The first-order chi connectivity index (χ1) is 20.4. The van der Waals surface area contributed by atoms with Gasteiger partial charge in [0.2, 0.25) is 10.3 Å². The van der Waals surface area contributed by atoms with E-state index in [1.165, 1.54) is 17.4 Å². The Kier molecular flexibility index (Phi) is 21.2. The number of thioether (sulfide) groups is 2. The second kappa shape index (κ2) is 22.0. The first kappa shape index (κ1) is 40.4. The van der Waals surface area contributed by atoms with Crippen molar-refractivity contribution in [2.24, 2.45) is 0 Å². The van der Waals surface area contributed by atoms with Crippen LogP contribution in [0.1, 0.15) is 2.97 Å². The lowest BCUT2D eigenvalue weighted by Crippen LogP contribution is -2.13. The fourth-order valence-electron chi connectivity index (χ4n) is 2.05. The molecule has 0 saturated heterocycles. The minimum atomic E-state index is -3.22. The molecular formula is C18H21Cl5N7O7PS4. The van der Waals surface area contributed by atoms with Crippen molar-refractivity contribution < 1.29 is 22.5 Å². The van der Waals surface area contributed by atoms with Gasteiger partial charge in [0.25, 0.3) is 5.88 Å². The number of hydrogen-bond acceptors (Lipinski definition) is 15. The Bertz CT molecular complexity index is 1410. The standard InChI is InChI=1S/C8H11N.C5H3Cl2N3O2S.C5H5N3O4S.Cl3OP.S2.H2/c1-9(2)8-6-4-3-5-7-8;1-13-5-8-3(6)2(10(11)12)4(7)9-5;1-13-5-6-3(9)2(8(11)12)4(10)7-5;1-5(2,3)4;1-2;/h3-7H,1-2H3;1H3;1H3,(H2,6,7,9,10);;;1H/i;;;;;1+2T. The van der Waals surface area contributed by atoms with Crippen molar-refractivity contribution >= 4 is 125 Å². The van der Waals surface area contributed by atoms with Crippen LogP contribution in [-0.2, 0) is 26.9 Å². The second-order valence-electron chi connectivity index (χ2n) is 6.53. The van der Waals surface area contributed by atoms with Crippen molar-refractivity contribution in [3.05, 3.63) is 71.2 Å². The largest absolute Gasteiger partial charge is 0.488 e. The summed E-state index contributed by atoms with van der Waals surface area (Å²) in [5, 5.41) is 26.3. The molecule has 1 aromatic carbocycles. The maximum atomic E-state index is 11.0. The fraction of sp³-hybridized carbons (Fsp3) is 0.222. The van der Waals surface area contributed by atoms with Gasteiger partial charge in [0.1, 0.15) is 0 Å². The lowest BCUT2D eigenvalue weighted by Gasteiger charge is -2.10. The van der Waals surface area contributed by atoms with Gasteiger partial charge in [0.05, 0.1) is 9.85 Å². The molecule has 0 spiro atoms. The van der Waals surface area contributed by atoms with Crippen LogP contribution in [0, 0.1) is 20.2 Å². The van der Waals surface area contributed by atoms with Crippen LogP contribution in [-0.4, -0.2) is 61.5 Å². The van der Waals surface area contributed by atoms with Crippen molar-refractivity contribution in [1.82, 2.24) is 19.9 Å². The van der Waals surface area contributed by atoms with Gasteiger partial charge < -0.3 is 10.0 Å². The third kappa shape index (κ3) is 18.1. The summed E-state index contributed by atoms with van der Waals surface area (Å²) in [6.07, 6.45) is 3.33. The van der Waals surface area contributed by atoms with E-state index >= 15 is 0 Å². The van der Waals surface area contributed by atoms with E-state index in [1.54, 1.807) is 12.5 Å². The number of nitrogens with zero attached hydrogens (tertiary/aromatic N) is 6. The molecule has 3 aromatic rings. The summed E-state index contributed by atoms with van der Waals surface area (Å²) in [5.74, 6) is -0.863. The van der Waals surface area contributed by atoms with E-state index in [4.69, 9.17) is 31.3 Å². The minimum absolute atomic E-state index is 0.133. The van der Waals surface area contributed by atoms with Crippen molar-refractivity contribution in [2.45, 2.75) is 10.3 Å². The van der Waals surface area contributed by atoms with Crippen LogP contribution in [0.25, 0.3) is 0 Å². The van der Waals surface area contributed by atoms with Crippen LogP contribution >= 0.6 is 85.6 Å². The summed E-state index contributed by atoms with van der Waals surface area (Å²) in [7, 11) is 4.07. The minimum Gasteiger partial charge on any atom is -0.488 e. The Morgan fingerprint density at radius 1 is 0.976 bits per heavy atom. The first-order valence-corrected chi connectivity index (χ1v) is 18.9. The van der Waals surface area contributed by atoms with Crippen LogP contribution in [0.4, 0.5) is 17.1 Å². The zero-order valence-electron chi connectivity index (χ0n) is 23.4. The van der Waals surface area contributed by atoms with Crippen LogP contribution in [0.2, 0.25) is 10.3 Å². The third-order valence-corrected chi connectivity index (χ3v) is 5.30. The van der Waals surface area contributed by atoms with E-state index in [0.29, 0.717) is 5.16 Å². The topological polar surface area (TPSA) is 198 Å². The number of nitrogens with one attached hydrogen (secondary N) is 1. The number of halogens is 5. The predicted molar refractivity (Wildman–Crippen MR) is 178 cm³/mol. The molecule has 0 aliphatic rings. The van der Waals surface area contributed by atoms with Gasteiger partial charge in [-0.05, 0) is 58.4 Å². The zero-order chi connectivity index (χ0) is 35.2. The highest BCUT2D eigenvalue weighted by Gasteiger charge is 2.22. The van der Waals surface area contributed by atoms with Gasteiger partial charge in [-0.25, -0.2) is 9.97 Å². The molecule has 0 unspecified atom stereocenters. The summed E-state index contributed by atoms with van der Waals surface area (Å²) >= 11 is 34.5. The molecule has 0 aliphatic heterocycles. The highest BCUT2D eigenvalue weighted by molar-refractivity contribution is 8.24. The highest BCUT2D eigenvalue weighted by atomic mass is 36.0. The molecule has 0 fully saturated rings. The van der Waals surface area contributed by atoms with Crippen molar-refractivity contribution in [2.75, 3.05) is 31.5 Å². The van der Waals surface area contributed by atoms with Gasteiger partial charge in [0, 0.05) is 45.1 Å². The number of aromatic amines is 1. The van der Waals surface area contributed by atoms with E-state index in [2.05, 4.69) is 93.1 Å². The highest BCUT2D eigenvalue weighted by Crippen LogP contribution is 2.61. The van der Waals surface area contributed by atoms with Crippen LogP contribution in [0.15, 0.2) is 45.4 Å². The van der Waals surface area contributed by atoms with E-state index < -0.39 is 37.9 Å². The number of para-hydroxylation sites is 1. The summed E-state index contributed by atoms with van der Waals surface area (Å²) in [6.45, 7) is 0. The van der Waals surface area contributed by atoms with Crippen LogP contribution in [0.5, 0.6) is 5.88 Å². The number of rotatable bonds is 5. The number of anilines is 1. The SMILES string of the molecule is CN(C)c1ccccc1.CSc1nc(Cl)c([N+](=O)[O-])c(Cl)n1.CSc1nc(O)c([N+](=O)[O-])c(=O)[nH]1.O=P(Cl)(Cl)Cl.S=S.[3H][3H]. The quantitative estimate of drug-likeness (QED) is 0.0650. The maximum Gasteiger partial charge on any atom is 0.395 e. The number of aromatic hydroxyl groups is 1. The van der Waals surface area contributed by atoms with Crippen molar-refractivity contribution in [1.29, 1.82) is 0 Å². The number of nitro groups is 2. The molecule has 0 amide bonds. The van der Waals surface area contributed by atoms with Gasteiger partial charge in [0.15, 0.2) is 10.3 Å². The lowest BCUT2D eigenvalue weighted by molar-refractivity contribution is -0.387. The monoisotopic (exact) mass is 785 g/mol. The molecule has 3 rings (SSSR count). The molecule has 2 heterocycles. The number of hydrogen-bond donors (Lipinski definition) is 2. The molecule has 24 heteroatoms. The smallest absolute Gasteiger partial charge is 0.395 e. The van der Waals surface area contributed by atoms with Gasteiger partial charge in [-0.15, -0.1) is 0 Å². The number of H-pyrrole nitrogens is 1. The summed E-state index contributed by atoms with van der Waals surface area (Å²) in [5.41, 5.74) is -1.10. The Balaban J connectivity index is -0.000000511. The average Bonchev–Trinajstić information content (AvgIpc) is 2.94. The molecule has 0 aliphatic carbocycles. The summed E-state index contributed by atoms with van der Waals surface area (Å²) in [6, 6.07) is 10.3. The lowest BCUT2D eigenvalue weighted by atomic mass is 10.3. The fourth-order valence-corrected chi connectivity index (χ4v) is 3.41. The molecule has 0 radical (unpaired) electrons. The summed E-state index contributed by atoms with van der Waals surface area (Å²) in [4.78, 5) is 44.8. The van der Waals surface area contributed by atoms with E-state index in [-0.39, 0.29) is 15.5 Å². The molecule has 0 saturated carbocycles. The van der Waals surface area contributed by atoms with Crippen LogP contribution in [0.3, 0.4) is 0 Å². The van der Waals surface area contributed by atoms with E-state index in [9.17, 15) is 29.6 Å². The van der Waals surface area contributed by atoms with E-state index in [1.807, 2.05) is 32.3 Å². The molecule has 2 N–H and O–H groups in total. The van der Waals surface area contributed by atoms with Gasteiger partial charge in [-0.3, -0.25) is 34.6 Å². The van der Waals surface area contributed by atoms with E-state index in [0.717, 1.165) is 11.8 Å². The molecular weight excluding hydrogens is 763 g/mol. The van der Waals surface area contributed by atoms with Gasteiger partial charge in [-0.2, -0.15) is 4.98 Å². The third-order valence-electron chi connectivity index (χ3n) is 3.65. The average molecular weight is 788 g/mol. The van der Waals surface area contributed by atoms with Crippen molar-refractivity contribution in [3.63, 3.8) is 0 Å². The normalized spacial score (nSPS) is 9.83. The van der Waals surface area contributed by atoms with Crippen LogP contribution < -0.4 is 10.5 Å². The second-order valence-corrected chi connectivity index (χ2v) is 15.5. The first-order valence-electron chi connectivity index (χ1n) is 10.9. The van der Waals surface area contributed by atoms with Crippen molar-refractivity contribution in [3.8, 4) is 5.88 Å². The Labute approximate surface area is 284 Å².